The molecule has 0 aliphatic carbocycles. The van der Waals surface area contributed by atoms with Crippen LogP contribution in [-0.4, -0.2) is 28.8 Å². The van der Waals surface area contributed by atoms with E-state index >= 15 is 0 Å². The van der Waals surface area contributed by atoms with E-state index in [0.29, 0.717) is 11.4 Å². The van der Waals surface area contributed by atoms with Crippen LogP contribution in [0.4, 0.5) is 16.2 Å². The second kappa shape index (κ2) is 8.63. The molecule has 0 unspecified atom stereocenters. The highest BCUT2D eigenvalue weighted by molar-refractivity contribution is 6.02. The Bertz CT molecular complexity index is 1030. The predicted molar refractivity (Wildman–Crippen MR) is 107 cm³/mol. The Kier molecular flexibility index (Phi) is 5.81. The first-order valence-corrected chi connectivity index (χ1v) is 8.57. The summed E-state index contributed by atoms with van der Waals surface area (Å²) < 4.78 is 1.25. The average Bonchev–Trinajstić information content (AvgIpc) is 2.71. The average molecular weight is 377 g/mol. The number of nitrogens with one attached hydrogen (secondary N) is 3. The molecule has 0 aliphatic rings. The van der Waals surface area contributed by atoms with Crippen LogP contribution in [0.3, 0.4) is 0 Å². The summed E-state index contributed by atoms with van der Waals surface area (Å²) in [6.45, 7) is 0.278. The van der Waals surface area contributed by atoms with E-state index in [1.54, 1.807) is 24.3 Å². The van der Waals surface area contributed by atoms with Crippen LogP contribution >= 0.6 is 0 Å². The lowest BCUT2D eigenvalue weighted by Gasteiger charge is -2.09. The molecule has 0 saturated carbocycles. The number of hydrogen-bond acceptors (Lipinski definition) is 4. The van der Waals surface area contributed by atoms with Crippen LogP contribution in [0.25, 0.3) is 0 Å². The highest BCUT2D eigenvalue weighted by atomic mass is 16.2. The number of nitrogens with zero attached hydrogens (tertiary/aromatic N) is 2. The zero-order valence-corrected chi connectivity index (χ0v) is 15.2. The number of rotatable bonds is 5. The van der Waals surface area contributed by atoms with Crippen molar-refractivity contribution in [2.24, 2.45) is 0 Å². The van der Waals surface area contributed by atoms with Gasteiger partial charge in [-0.1, -0.05) is 30.3 Å². The van der Waals surface area contributed by atoms with E-state index < -0.39 is 5.91 Å². The summed E-state index contributed by atoms with van der Waals surface area (Å²) in [6.07, 6.45) is 0. The summed E-state index contributed by atoms with van der Waals surface area (Å²) in [7, 11) is 1.52. The van der Waals surface area contributed by atoms with Gasteiger partial charge in [-0.05, 0) is 35.9 Å². The van der Waals surface area contributed by atoms with Crippen LogP contribution in [0.2, 0.25) is 0 Å². The monoisotopic (exact) mass is 377 g/mol. The van der Waals surface area contributed by atoms with E-state index in [1.807, 2.05) is 30.3 Å². The molecule has 28 heavy (non-hydrogen) atoms. The molecule has 0 aliphatic heterocycles. The molecule has 0 saturated heterocycles. The first kappa shape index (κ1) is 18.8. The van der Waals surface area contributed by atoms with Gasteiger partial charge < -0.3 is 16.0 Å². The van der Waals surface area contributed by atoms with Gasteiger partial charge in [0.05, 0.1) is 6.54 Å². The minimum Gasteiger partial charge on any atom is -0.341 e. The Balaban J connectivity index is 1.71. The zero-order chi connectivity index (χ0) is 19.9. The fourth-order valence-corrected chi connectivity index (χ4v) is 2.47. The van der Waals surface area contributed by atoms with Crippen molar-refractivity contribution in [3.63, 3.8) is 0 Å². The van der Waals surface area contributed by atoms with Gasteiger partial charge in [-0.3, -0.25) is 9.59 Å². The first-order chi connectivity index (χ1) is 13.5. The standard InChI is InChI=1S/C20H19N5O3/c1-21-20(28)23-16-9-7-15(8-10-16)22-19(27)17-11-12-18(26)25(24-17)13-14-5-3-2-4-6-14/h2-12H,13H2,1H3,(H,22,27)(H2,21,23,28). The lowest BCUT2D eigenvalue weighted by molar-refractivity contribution is 0.102. The molecule has 2 aromatic carbocycles. The highest BCUT2D eigenvalue weighted by Crippen LogP contribution is 2.14. The Morgan fingerprint density at radius 2 is 1.54 bits per heavy atom. The maximum Gasteiger partial charge on any atom is 0.318 e. The van der Waals surface area contributed by atoms with Crippen LogP contribution in [0.1, 0.15) is 16.1 Å². The van der Waals surface area contributed by atoms with Crippen LogP contribution < -0.4 is 21.5 Å². The molecule has 0 bridgehead atoms. The van der Waals surface area contributed by atoms with Gasteiger partial charge in [-0.25, -0.2) is 9.48 Å². The molecular weight excluding hydrogens is 358 g/mol. The Labute approximate surface area is 161 Å². The number of urea groups is 1. The molecule has 3 N–H and O–H groups in total. The van der Waals surface area contributed by atoms with Gasteiger partial charge in [-0.2, -0.15) is 5.10 Å². The molecular formula is C20H19N5O3. The first-order valence-electron chi connectivity index (χ1n) is 8.57. The van der Waals surface area contributed by atoms with E-state index in [9.17, 15) is 14.4 Å². The summed E-state index contributed by atoms with van der Waals surface area (Å²) in [5, 5.41) is 12.0. The Morgan fingerprint density at radius 1 is 0.893 bits per heavy atom. The smallest absolute Gasteiger partial charge is 0.318 e. The zero-order valence-electron chi connectivity index (χ0n) is 15.2. The van der Waals surface area contributed by atoms with Crippen molar-refractivity contribution in [1.29, 1.82) is 0 Å². The fourth-order valence-electron chi connectivity index (χ4n) is 2.47. The quantitative estimate of drug-likeness (QED) is 0.634. The van der Waals surface area contributed by atoms with Crippen LogP contribution in [0.5, 0.6) is 0 Å². The van der Waals surface area contributed by atoms with E-state index in [2.05, 4.69) is 21.0 Å². The number of aromatic nitrogens is 2. The number of hydrogen-bond donors (Lipinski definition) is 3. The van der Waals surface area contributed by atoms with Crippen molar-refractivity contribution in [2.75, 3.05) is 17.7 Å². The summed E-state index contributed by atoms with van der Waals surface area (Å²) >= 11 is 0. The van der Waals surface area contributed by atoms with Crippen LogP contribution in [-0.2, 0) is 6.54 Å². The van der Waals surface area contributed by atoms with E-state index in [-0.39, 0.29) is 23.8 Å². The van der Waals surface area contributed by atoms with Gasteiger partial charge >= 0.3 is 6.03 Å². The van der Waals surface area contributed by atoms with Crippen molar-refractivity contribution >= 4 is 23.3 Å². The number of carbonyl (C=O) groups excluding carboxylic acids is 2. The van der Waals surface area contributed by atoms with Crippen LogP contribution in [0, 0.1) is 0 Å². The molecule has 8 nitrogen and oxygen atoms in total. The third kappa shape index (κ3) is 4.82. The minimum absolute atomic E-state index is 0.128. The van der Waals surface area contributed by atoms with Gasteiger partial charge in [0.15, 0.2) is 0 Å². The van der Waals surface area contributed by atoms with Gasteiger partial charge in [0.2, 0.25) is 0 Å². The van der Waals surface area contributed by atoms with Crippen molar-refractivity contribution < 1.29 is 9.59 Å². The van der Waals surface area contributed by atoms with Crippen LogP contribution in [0.15, 0.2) is 71.5 Å². The normalized spacial score (nSPS) is 10.2. The van der Waals surface area contributed by atoms with E-state index in [0.717, 1.165) is 5.56 Å². The van der Waals surface area contributed by atoms with Gasteiger partial charge in [0.1, 0.15) is 5.69 Å². The SMILES string of the molecule is CNC(=O)Nc1ccc(NC(=O)c2ccc(=O)n(Cc3ccccc3)n2)cc1. The summed E-state index contributed by atoms with van der Waals surface area (Å²) in [5.74, 6) is -0.436. The molecule has 0 atom stereocenters. The van der Waals surface area contributed by atoms with Crippen molar-refractivity contribution in [3.8, 4) is 0 Å². The topological polar surface area (TPSA) is 105 Å². The second-order valence-electron chi connectivity index (χ2n) is 5.94. The van der Waals surface area contributed by atoms with E-state index in [1.165, 1.54) is 23.9 Å². The highest BCUT2D eigenvalue weighted by Gasteiger charge is 2.11. The number of carbonyl (C=O) groups is 2. The molecule has 8 heteroatoms. The molecule has 0 spiro atoms. The molecule has 3 aromatic rings. The maximum atomic E-state index is 12.5. The maximum absolute atomic E-state index is 12.5. The van der Waals surface area contributed by atoms with Gasteiger partial charge in [0, 0.05) is 24.5 Å². The third-order valence-electron chi connectivity index (χ3n) is 3.90. The van der Waals surface area contributed by atoms with Crippen molar-refractivity contribution in [3.05, 3.63) is 88.3 Å². The largest absolute Gasteiger partial charge is 0.341 e. The number of amides is 3. The van der Waals surface area contributed by atoms with E-state index in [4.69, 9.17) is 0 Å². The molecule has 1 aromatic heterocycles. The summed E-state index contributed by atoms with van der Waals surface area (Å²) in [6, 6.07) is 18.4. The summed E-state index contributed by atoms with van der Waals surface area (Å²) in [4.78, 5) is 35.8. The van der Waals surface area contributed by atoms with Crippen molar-refractivity contribution in [1.82, 2.24) is 15.1 Å². The Hall–Kier alpha value is -3.94. The number of anilines is 2. The lowest BCUT2D eigenvalue weighted by atomic mass is 10.2. The molecule has 142 valence electrons. The predicted octanol–water partition coefficient (Wildman–Crippen LogP) is 2.30. The second-order valence-corrected chi connectivity index (χ2v) is 5.94. The minimum atomic E-state index is -0.436. The summed E-state index contributed by atoms with van der Waals surface area (Å²) in [5.41, 5.74) is 1.88. The molecule has 1 heterocycles. The van der Waals surface area contributed by atoms with Crippen molar-refractivity contribution in [2.45, 2.75) is 6.54 Å². The Morgan fingerprint density at radius 3 is 2.18 bits per heavy atom. The third-order valence-corrected chi connectivity index (χ3v) is 3.90. The van der Waals surface area contributed by atoms with Gasteiger partial charge in [-0.15, -0.1) is 0 Å². The fraction of sp³-hybridized carbons (Fsp3) is 0.100. The molecule has 0 radical (unpaired) electrons. The molecule has 3 rings (SSSR count). The van der Waals surface area contributed by atoms with Gasteiger partial charge in [0.25, 0.3) is 11.5 Å². The number of benzene rings is 2. The molecule has 3 amide bonds. The molecule has 0 fully saturated rings. The lowest BCUT2D eigenvalue weighted by Crippen LogP contribution is -2.26.